The van der Waals surface area contributed by atoms with Crippen LogP contribution < -0.4 is 11.1 Å². The van der Waals surface area contributed by atoms with Crippen molar-refractivity contribution < 1.29 is 18.0 Å². The number of rotatable bonds is 4. The zero-order valence-corrected chi connectivity index (χ0v) is 10.3. The molecular formula is C14H11F3N2O. The fourth-order valence-electron chi connectivity index (χ4n) is 1.67. The van der Waals surface area contributed by atoms with Crippen LogP contribution in [-0.4, -0.2) is 5.91 Å². The Balaban J connectivity index is 2.11. The summed E-state index contributed by atoms with van der Waals surface area (Å²) in [5.74, 6) is -3.81. The van der Waals surface area contributed by atoms with E-state index in [1.165, 1.54) is 12.1 Å². The van der Waals surface area contributed by atoms with Crippen LogP contribution >= 0.6 is 0 Å². The van der Waals surface area contributed by atoms with Crippen molar-refractivity contribution in [3.63, 3.8) is 0 Å². The summed E-state index contributed by atoms with van der Waals surface area (Å²) < 4.78 is 39.4. The van der Waals surface area contributed by atoms with Gasteiger partial charge >= 0.3 is 0 Å². The Morgan fingerprint density at radius 2 is 1.75 bits per heavy atom. The minimum atomic E-state index is -1.25. The lowest BCUT2D eigenvalue weighted by Gasteiger charge is -2.08. The molecule has 2 aromatic carbocycles. The quantitative estimate of drug-likeness (QED) is 0.846. The monoisotopic (exact) mass is 280 g/mol. The summed E-state index contributed by atoms with van der Waals surface area (Å²) in [7, 11) is 0. The van der Waals surface area contributed by atoms with Crippen LogP contribution in [0.1, 0.15) is 15.9 Å². The summed E-state index contributed by atoms with van der Waals surface area (Å²) in [5, 5.41) is 2.59. The largest absolute Gasteiger partial charge is 0.378 e. The van der Waals surface area contributed by atoms with Gasteiger partial charge in [-0.15, -0.1) is 0 Å². The highest BCUT2D eigenvalue weighted by atomic mass is 19.2. The fraction of sp³-hybridized carbons (Fsp3) is 0.0714. The van der Waals surface area contributed by atoms with Crippen molar-refractivity contribution in [2.24, 2.45) is 5.73 Å². The highest BCUT2D eigenvalue weighted by Gasteiger charge is 2.10. The minimum absolute atomic E-state index is 0.152. The van der Waals surface area contributed by atoms with Gasteiger partial charge in [0.25, 0.3) is 0 Å². The van der Waals surface area contributed by atoms with Gasteiger partial charge in [0.05, 0.1) is 5.69 Å². The molecule has 0 aliphatic rings. The van der Waals surface area contributed by atoms with Crippen molar-refractivity contribution in [2.45, 2.75) is 6.54 Å². The first kappa shape index (κ1) is 13.9. The molecule has 3 nitrogen and oxygen atoms in total. The second kappa shape index (κ2) is 5.64. The van der Waals surface area contributed by atoms with Crippen molar-refractivity contribution in [1.82, 2.24) is 0 Å². The third kappa shape index (κ3) is 3.09. The molecule has 0 radical (unpaired) electrons. The second-order valence-corrected chi connectivity index (χ2v) is 4.16. The molecule has 0 bridgehead atoms. The molecule has 0 saturated carbocycles. The summed E-state index contributed by atoms with van der Waals surface area (Å²) in [6.07, 6.45) is 0. The Morgan fingerprint density at radius 3 is 2.35 bits per heavy atom. The Bertz CT molecular complexity index is 642. The van der Waals surface area contributed by atoms with Gasteiger partial charge in [-0.1, -0.05) is 12.1 Å². The Hall–Kier alpha value is -2.50. The van der Waals surface area contributed by atoms with Crippen molar-refractivity contribution in [1.29, 1.82) is 0 Å². The van der Waals surface area contributed by atoms with E-state index in [-0.39, 0.29) is 12.2 Å². The minimum Gasteiger partial charge on any atom is -0.378 e. The number of carbonyl (C=O) groups excluding carboxylic acids is 1. The predicted molar refractivity (Wildman–Crippen MR) is 68.6 cm³/mol. The molecular weight excluding hydrogens is 269 g/mol. The van der Waals surface area contributed by atoms with E-state index in [4.69, 9.17) is 5.73 Å². The summed E-state index contributed by atoms with van der Waals surface area (Å²) in [5.41, 5.74) is 5.88. The lowest BCUT2D eigenvalue weighted by molar-refractivity contribution is 0.100. The first-order valence-corrected chi connectivity index (χ1v) is 5.74. The summed E-state index contributed by atoms with van der Waals surface area (Å²) in [6.45, 7) is 0.152. The van der Waals surface area contributed by atoms with Gasteiger partial charge in [0.2, 0.25) is 5.91 Å². The van der Waals surface area contributed by atoms with Crippen LogP contribution in [0.25, 0.3) is 0 Å². The predicted octanol–water partition coefficient (Wildman–Crippen LogP) is 2.81. The van der Waals surface area contributed by atoms with E-state index in [1.807, 2.05) is 0 Å². The highest BCUT2D eigenvalue weighted by molar-refractivity contribution is 5.92. The Kier molecular flexibility index (Phi) is 3.93. The molecule has 104 valence electrons. The van der Waals surface area contributed by atoms with Gasteiger partial charge < -0.3 is 11.1 Å². The van der Waals surface area contributed by atoms with Crippen LogP contribution in [0.4, 0.5) is 18.9 Å². The number of nitrogens with two attached hydrogens (primary N) is 1. The standard InChI is InChI=1S/C14H11F3N2O/c15-10-5-11(16)13(17)12(6-10)19-7-8-1-3-9(4-2-8)14(18)20/h1-6,19H,7H2,(H2,18,20). The molecule has 0 unspecified atom stereocenters. The number of hydrogen-bond donors (Lipinski definition) is 2. The average molecular weight is 280 g/mol. The van der Waals surface area contributed by atoms with Crippen LogP contribution in [-0.2, 0) is 6.54 Å². The number of nitrogens with one attached hydrogen (secondary N) is 1. The van der Waals surface area contributed by atoms with Gasteiger partial charge in [0.1, 0.15) is 5.82 Å². The van der Waals surface area contributed by atoms with Gasteiger partial charge in [0, 0.05) is 24.2 Å². The first-order valence-electron chi connectivity index (χ1n) is 5.74. The van der Waals surface area contributed by atoms with Crippen LogP contribution in [0.15, 0.2) is 36.4 Å². The zero-order valence-electron chi connectivity index (χ0n) is 10.3. The maximum absolute atomic E-state index is 13.4. The molecule has 20 heavy (non-hydrogen) atoms. The number of anilines is 1. The van der Waals surface area contributed by atoms with E-state index in [1.54, 1.807) is 12.1 Å². The molecule has 2 aromatic rings. The number of amides is 1. The number of benzene rings is 2. The van der Waals surface area contributed by atoms with Gasteiger partial charge in [-0.25, -0.2) is 13.2 Å². The van der Waals surface area contributed by atoms with Gasteiger partial charge in [0.15, 0.2) is 11.6 Å². The molecule has 0 spiro atoms. The third-order valence-electron chi connectivity index (χ3n) is 2.71. The van der Waals surface area contributed by atoms with Crippen molar-refractivity contribution in [2.75, 3.05) is 5.32 Å². The summed E-state index contributed by atoms with van der Waals surface area (Å²) in [6, 6.07) is 7.60. The maximum Gasteiger partial charge on any atom is 0.248 e. The van der Waals surface area contributed by atoms with Crippen molar-refractivity contribution >= 4 is 11.6 Å². The van der Waals surface area contributed by atoms with Crippen LogP contribution in [0.3, 0.4) is 0 Å². The average Bonchev–Trinajstić information content (AvgIpc) is 2.41. The van der Waals surface area contributed by atoms with Crippen LogP contribution in [0.2, 0.25) is 0 Å². The second-order valence-electron chi connectivity index (χ2n) is 4.16. The topological polar surface area (TPSA) is 55.1 Å². The lowest BCUT2D eigenvalue weighted by atomic mass is 10.1. The van der Waals surface area contributed by atoms with Crippen LogP contribution in [0, 0.1) is 17.5 Å². The molecule has 0 aromatic heterocycles. The molecule has 0 aliphatic carbocycles. The van der Waals surface area contributed by atoms with E-state index < -0.39 is 23.4 Å². The maximum atomic E-state index is 13.4. The molecule has 0 heterocycles. The van der Waals surface area contributed by atoms with E-state index in [2.05, 4.69) is 5.32 Å². The lowest BCUT2D eigenvalue weighted by Crippen LogP contribution is -2.11. The molecule has 6 heteroatoms. The molecule has 1 amide bonds. The van der Waals surface area contributed by atoms with E-state index >= 15 is 0 Å². The van der Waals surface area contributed by atoms with Gasteiger partial charge in [-0.2, -0.15) is 0 Å². The Labute approximate surface area is 113 Å². The smallest absolute Gasteiger partial charge is 0.248 e. The molecule has 0 aliphatic heterocycles. The van der Waals surface area contributed by atoms with Gasteiger partial charge in [-0.05, 0) is 17.7 Å². The third-order valence-corrected chi connectivity index (χ3v) is 2.71. The molecule has 0 atom stereocenters. The molecule has 0 fully saturated rings. The summed E-state index contributed by atoms with van der Waals surface area (Å²) >= 11 is 0. The SMILES string of the molecule is NC(=O)c1ccc(CNc2cc(F)cc(F)c2F)cc1. The highest BCUT2D eigenvalue weighted by Crippen LogP contribution is 2.20. The van der Waals surface area contributed by atoms with E-state index in [0.717, 1.165) is 6.07 Å². The fourth-order valence-corrected chi connectivity index (χ4v) is 1.67. The number of hydrogen-bond acceptors (Lipinski definition) is 2. The molecule has 3 N–H and O–H groups in total. The summed E-state index contributed by atoms with van der Waals surface area (Å²) in [4.78, 5) is 10.9. The first-order chi connectivity index (χ1) is 9.47. The van der Waals surface area contributed by atoms with E-state index in [0.29, 0.717) is 17.2 Å². The number of halogens is 3. The van der Waals surface area contributed by atoms with Crippen LogP contribution in [0.5, 0.6) is 0 Å². The molecule has 0 saturated heterocycles. The van der Waals surface area contributed by atoms with Gasteiger partial charge in [-0.3, -0.25) is 4.79 Å². The number of primary amides is 1. The van der Waals surface area contributed by atoms with E-state index in [9.17, 15) is 18.0 Å². The zero-order chi connectivity index (χ0) is 14.7. The Morgan fingerprint density at radius 1 is 1.10 bits per heavy atom. The normalized spacial score (nSPS) is 10.3. The number of carbonyl (C=O) groups is 1. The van der Waals surface area contributed by atoms with Crippen molar-refractivity contribution in [3.05, 3.63) is 65.0 Å². The molecule has 2 rings (SSSR count). The van der Waals surface area contributed by atoms with Crippen molar-refractivity contribution in [3.8, 4) is 0 Å².